The summed E-state index contributed by atoms with van der Waals surface area (Å²) in [5, 5.41) is 0. The summed E-state index contributed by atoms with van der Waals surface area (Å²) in [5.41, 5.74) is 6.20. The van der Waals surface area contributed by atoms with Crippen molar-refractivity contribution in [1.82, 2.24) is 0 Å². The molecular formula is C17H37N. The van der Waals surface area contributed by atoms with Gasteiger partial charge in [-0.1, -0.05) is 72.6 Å². The molecule has 1 atom stereocenters. The highest BCUT2D eigenvalue weighted by Crippen LogP contribution is 2.30. The minimum absolute atomic E-state index is 0.563. The quantitative estimate of drug-likeness (QED) is 0.456. The van der Waals surface area contributed by atoms with Gasteiger partial charge in [-0.3, -0.25) is 0 Å². The van der Waals surface area contributed by atoms with Gasteiger partial charge in [-0.2, -0.15) is 0 Å². The van der Waals surface area contributed by atoms with Gasteiger partial charge in [0.25, 0.3) is 0 Å². The van der Waals surface area contributed by atoms with Crippen LogP contribution in [0.25, 0.3) is 0 Å². The van der Waals surface area contributed by atoms with Crippen molar-refractivity contribution in [3.05, 3.63) is 0 Å². The van der Waals surface area contributed by atoms with Crippen LogP contribution in [0.1, 0.15) is 91.9 Å². The molecule has 1 heteroatoms. The standard InChI is InChI=1S/C17H37N/c1-5-6-7-10-13-17(3,4)14-11-8-9-12-16(2)15-18/h16H,5-15,18H2,1-4H3. The van der Waals surface area contributed by atoms with Crippen LogP contribution in [0.2, 0.25) is 0 Å². The topological polar surface area (TPSA) is 26.0 Å². The molecule has 0 radical (unpaired) electrons. The minimum Gasteiger partial charge on any atom is -0.330 e. The molecule has 0 aromatic carbocycles. The lowest BCUT2D eigenvalue weighted by molar-refractivity contribution is 0.281. The Morgan fingerprint density at radius 3 is 1.94 bits per heavy atom. The van der Waals surface area contributed by atoms with Gasteiger partial charge in [-0.25, -0.2) is 0 Å². The van der Waals surface area contributed by atoms with Gasteiger partial charge in [-0.15, -0.1) is 0 Å². The lowest BCUT2D eigenvalue weighted by atomic mass is 9.81. The predicted molar refractivity (Wildman–Crippen MR) is 83.8 cm³/mol. The fourth-order valence-electron chi connectivity index (χ4n) is 2.55. The molecule has 1 unspecified atom stereocenters. The Labute approximate surface area is 116 Å². The van der Waals surface area contributed by atoms with Crippen LogP contribution in [0.15, 0.2) is 0 Å². The van der Waals surface area contributed by atoms with Crippen molar-refractivity contribution in [2.45, 2.75) is 91.9 Å². The monoisotopic (exact) mass is 255 g/mol. The highest BCUT2D eigenvalue weighted by atomic mass is 14.5. The first kappa shape index (κ1) is 18.0. The molecule has 2 N–H and O–H groups in total. The zero-order valence-corrected chi connectivity index (χ0v) is 13.4. The van der Waals surface area contributed by atoms with E-state index in [-0.39, 0.29) is 0 Å². The van der Waals surface area contributed by atoms with E-state index in [0.29, 0.717) is 11.3 Å². The molecule has 0 aromatic heterocycles. The van der Waals surface area contributed by atoms with Gasteiger partial charge in [0.05, 0.1) is 0 Å². The van der Waals surface area contributed by atoms with Crippen LogP contribution >= 0.6 is 0 Å². The maximum absolute atomic E-state index is 5.64. The van der Waals surface area contributed by atoms with Gasteiger partial charge < -0.3 is 5.73 Å². The maximum atomic E-state index is 5.64. The fraction of sp³-hybridized carbons (Fsp3) is 1.00. The molecule has 0 aromatic rings. The molecule has 0 saturated carbocycles. The van der Waals surface area contributed by atoms with Crippen molar-refractivity contribution in [3.8, 4) is 0 Å². The predicted octanol–water partition coefficient (Wildman–Crippen LogP) is 5.53. The summed E-state index contributed by atoms with van der Waals surface area (Å²) in [4.78, 5) is 0. The number of unbranched alkanes of at least 4 members (excludes halogenated alkanes) is 5. The van der Waals surface area contributed by atoms with Crippen LogP contribution < -0.4 is 5.73 Å². The zero-order valence-electron chi connectivity index (χ0n) is 13.4. The lowest BCUT2D eigenvalue weighted by Gasteiger charge is -2.24. The molecule has 0 aliphatic heterocycles. The Kier molecular flexibility index (Phi) is 10.8. The number of hydrogen-bond acceptors (Lipinski definition) is 1. The Hall–Kier alpha value is -0.0400. The van der Waals surface area contributed by atoms with Crippen LogP contribution in [-0.2, 0) is 0 Å². The average molecular weight is 255 g/mol. The first-order valence-corrected chi connectivity index (χ1v) is 8.22. The van der Waals surface area contributed by atoms with Gasteiger partial charge in [0.15, 0.2) is 0 Å². The minimum atomic E-state index is 0.563. The summed E-state index contributed by atoms with van der Waals surface area (Å²) in [6.07, 6.45) is 13.9. The van der Waals surface area contributed by atoms with E-state index in [0.717, 1.165) is 6.54 Å². The fourth-order valence-corrected chi connectivity index (χ4v) is 2.55. The molecule has 0 amide bonds. The SMILES string of the molecule is CCCCCCC(C)(C)CCCCCC(C)CN. The molecule has 0 bridgehead atoms. The van der Waals surface area contributed by atoms with Crippen molar-refractivity contribution in [2.75, 3.05) is 6.54 Å². The van der Waals surface area contributed by atoms with Gasteiger partial charge in [0.2, 0.25) is 0 Å². The lowest BCUT2D eigenvalue weighted by Crippen LogP contribution is -2.12. The number of hydrogen-bond donors (Lipinski definition) is 1. The third kappa shape index (κ3) is 11.1. The molecular weight excluding hydrogens is 218 g/mol. The summed E-state index contributed by atoms with van der Waals surface area (Å²) < 4.78 is 0. The van der Waals surface area contributed by atoms with Crippen molar-refractivity contribution in [1.29, 1.82) is 0 Å². The van der Waals surface area contributed by atoms with Gasteiger partial charge in [0.1, 0.15) is 0 Å². The van der Waals surface area contributed by atoms with E-state index < -0.39 is 0 Å². The Balaban J connectivity index is 3.45. The van der Waals surface area contributed by atoms with Gasteiger partial charge in [-0.05, 0) is 37.1 Å². The van der Waals surface area contributed by atoms with Crippen LogP contribution in [0, 0.1) is 11.3 Å². The molecule has 1 nitrogen and oxygen atoms in total. The van der Waals surface area contributed by atoms with E-state index in [4.69, 9.17) is 5.73 Å². The second kappa shape index (κ2) is 10.8. The van der Waals surface area contributed by atoms with Crippen LogP contribution in [-0.4, -0.2) is 6.54 Å². The average Bonchev–Trinajstić information content (AvgIpc) is 2.34. The summed E-state index contributed by atoms with van der Waals surface area (Å²) in [6.45, 7) is 10.3. The molecule has 0 saturated heterocycles. The molecule has 0 aliphatic carbocycles. The normalized spacial score (nSPS) is 13.8. The number of rotatable bonds is 12. The molecule has 0 heterocycles. The Morgan fingerprint density at radius 2 is 1.44 bits per heavy atom. The van der Waals surface area contributed by atoms with E-state index >= 15 is 0 Å². The van der Waals surface area contributed by atoms with E-state index in [1.54, 1.807) is 0 Å². The summed E-state index contributed by atoms with van der Waals surface area (Å²) >= 11 is 0. The van der Waals surface area contributed by atoms with Crippen molar-refractivity contribution in [3.63, 3.8) is 0 Å². The largest absolute Gasteiger partial charge is 0.330 e. The Bertz CT molecular complexity index is 174. The molecule has 0 rings (SSSR count). The number of nitrogens with two attached hydrogens (primary N) is 1. The van der Waals surface area contributed by atoms with Crippen molar-refractivity contribution in [2.24, 2.45) is 17.1 Å². The van der Waals surface area contributed by atoms with Gasteiger partial charge >= 0.3 is 0 Å². The van der Waals surface area contributed by atoms with E-state index in [1.165, 1.54) is 64.2 Å². The molecule has 18 heavy (non-hydrogen) atoms. The summed E-state index contributed by atoms with van der Waals surface area (Å²) in [6, 6.07) is 0. The summed E-state index contributed by atoms with van der Waals surface area (Å²) in [7, 11) is 0. The third-order valence-electron chi connectivity index (χ3n) is 4.16. The third-order valence-corrected chi connectivity index (χ3v) is 4.16. The maximum Gasteiger partial charge on any atom is -0.00515 e. The Morgan fingerprint density at radius 1 is 0.889 bits per heavy atom. The van der Waals surface area contributed by atoms with Gasteiger partial charge in [0, 0.05) is 0 Å². The van der Waals surface area contributed by atoms with Crippen molar-refractivity contribution < 1.29 is 0 Å². The molecule has 0 aliphatic rings. The summed E-state index contributed by atoms with van der Waals surface area (Å²) in [5.74, 6) is 0.715. The highest BCUT2D eigenvalue weighted by Gasteiger charge is 2.16. The first-order valence-electron chi connectivity index (χ1n) is 8.22. The second-order valence-electron chi connectivity index (χ2n) is 6.92. The zero-order chi connectivity index (χ0) is 13.9. The second-order valence-corrected chi connectivity index (χ2v) is 6.92. The van der Waals surface area contributed by atoms with Crippen LogP contribution in [0.4, 0.5) is 0 Å². The van der Waals surface area contributed by atoms with E-state index in [1.807, 2.05) is 0 Å². The molecule has 110 valence electrons. The first-order chi connectivity index (χ1) is 8.52. The smallest absolute Gasteiger partial charge is 0.00515 e. The highest BCUT2D eigenvalue weighted by molar-refractivity contribution is 4.69. The van der Waals surface area contributed by atoms with E-state index in [2.05, 4.69) is 27.7 Å². The molecule has 0 fully saturated rings. The van der Waals surface area contributed by atoms with Crippen molar-refractivity contribution >= 4 is 0 Å². The molecule has 0 spiro atoms. The van der Waals surface area contributed by atoms with Crippen LogP contribution in [0.3, 0.4) is 0 Å². The van der Waals surface area contributed by atoms with E-state index in [9.17, 15) is 0 Å². The van der Waals surface area contributed by atoms with Crippen LogP contribution in [0.5, 0.6) is 0 Å².